The van der Waals surface area contributed by atoms with Crippen LogP contribution in [0.4, 0.5) is 5.69 Å². The average molecular weight is 326 g/mol. The van der Waals surface area contributed by atoms with Crippen LogP contribution in [0.15, 0.2) is 18.2 Å². The molecular weight excluding hydrogens is 302 g/mol. The number of amides is 1. The molecule has 0 aromatic heterocycles. The highest BCUT2D eigenvalue weighted by Gasteiger charge is 2.10. The molecule has 1 aliphatic rings. The van der Waals surface area contributed by atoms with Gasteiger partial charge in [-0.3, -0.25) is 9.69 Å². The lowest BCUT2D eigenvalue weighted by molar-refractivity contribution is -0.120. The van der Waals surface area contributed by atoms with Crippen LogP contribution in [0.3, 0.4) is 0 Å². The van der Waals surface area contributed by atoms with Crippen molar-refractivity contribution >= 4 is 23.2 Å². The zero-order chi connectivity index (χ0) is 15.8. The van der Waals surface area contributed by atoms with E-state index in [0.717, 1.165) is 49.1 Å². The number of carbonyl (C=O) groups excluding carboxylic acids is 1. The van der Waals surface area contributed by atoms with Crippen molar-refractivity contribution in [3.63, 3.8) is 0 Å². The van der Waals surface area contributed by atoms with Gasteiger partial charge in [-0.25, -0.2) is 0 Å². The molecule has 122 valence electrons. The lowest BCUT2D eigenvalue weighted by atomic mass is 10.2. The SMILES string of the molecule is Cc1ccc(NCCC(=O)NCCN2CCOCC2)cc1Cl. The summed E-state index contributed by atoms with van der Waals surface area (Å²) in [6.45, 7) is 7.62. The highest BCUT2D eigenvalue weighted by atomic mass is 35.5. The van der Waals surface area contributed by atoms with Crippen molar-refractivity contribution in [1.82, 2.24) is 10.2 Å². The topological polar surface area (TPSA) is 53.6 Å². The fourth-order valence-electron chi connectivity index (χ4n) is 2.29. The van der Waals surface area contributed by atoms with Crippen LogP contribution in [0.25, 0.3) is 0 Å². The summed E-state index contributed by atoms with van der Waals surface area (Å²) in [5.41, 5.74) is 1.99. The average Bonchev–Trinajstić information content (AvgIpc) is 2.52. The number of nitrogens with zero attached hydrogens (tertiary/aromatic N) is 1. The molecule has 1 amide bonds. The predicted octanol–water partition coefficient (Wildman–Crippen LogP) is 1.90. The Hall–Kier alpha value is -1.30. The monoisotopic (exact) mass is 325 g/mol. The number of morpholine rings is 1. The van der Waals surface area contributed by atoms with E-state index in [2.05, 4.69) is 15.5 Å². The van der Waals surface area contributed by atoms with Gasteiger partial charge in [-0.05, 0) is 24.6 Å². The fraction of sp³-hybridized carbons (Fsp3) is 0.562. The molecule has 5 nitrogen and oxygen atoms in total. The number of ether oxygens (including phenoxy) is 1. The summed E-state index contributed by atoms with van der Waals surface area (Å²) in [5, 5.41) is 6.90. The molecule has 0 unspecified atom stereocenters. The van der Waals surface area contributed by atoms with Gasteiger partial charge in [-0.1, -0.05) is 17.7 Å². The predicted molar refractivity (Wildman–Crippen MR) is 89.6 cm³/mol. The molecule has 1 aromatic carbocycles. The highest BCUT2D eigenvalue weighted by Crippen LogP contribution is 2.19. The molecule has 1 heterocycles. The van der Waals surface area contributed by atoms with Gasteiger partial charge in [0.25, 0.3) is 0 Å². The zero-order valence-electron chi connectivity index (χ0n) is 13.0. The maximum atomic E-state index is 11.8. The third kappa shape index (κ3) is 5.83. The molecule has 6 heteroatoms. The van der Waals surface area contributed by atoms with Crippen LogP contribution in [0.1, 0.15) is 12.0 Å². The molecule has 1 fully saturated rings. The molecule has 22 heavy (non-hydrogen) atoms. The third-order valence-electron chi connectivity index (χ3n) is 3.71. The summed E-state index contributed by atoms with van der Waals surface area (Å²) in [6.07, 6.45) is 0.453. The second-order valence-corrected chi connectivity index (χ2v) is 5.85. The Bertz CT molecular complexity index is 490. The number of anilines is 1. The normalized spacial score (nSPS) is 15.5. The molecule has 0 spiro atoms. The van der Waals surface area contributed by atoms with Gasteiger partial charge < -0.3 is 15.4 Å². The Morgan fingerprint density at radius 2 is 2.09 bits per heavy atom. The molecule has 0 bridgehead atoms. The molecule has 2 N–H and O–H groups in total. The minimum absolute atomic E-state index is 0.0685. The third-order valence-corrected chi connectivity index (χ3v) is 4.11. The van der Waals surface area contributed by atoms with E-state index in [-0.39, 0.29) is 5.91 Å². The van der Waals surface area contributed by atoms with E-state index in [4.69, 9.17) is 16.3 Å². The van der Waals surface area contributed by atoms with Crippen molar-refractivity contribution in [1.29, 1.82) is 0 Å². The van der Waals surface area contributed by atoms with Crippen molar-refractivity contribution in [2.75, 3.05) is 51.3 Å². The molecular formula is C16H24ClN3O2. The van der Waals surface area contributed by atoms with E-state index in [0.29, 0.717) is 19.5 Å². The summed E-state index contributed by atoms with van der Waals surface area (Å²) in [7, 11) is 0. The Labute approximate surface area is 137 Å². The van der Waals surface area contributed by atoms with Crippen molar-refractivity contribution in [2.45, 2.75) is 13.3 Å². The Morgan fingerprint density at radius 1 is 1.32 bits per heavy atom. The quantitative estimate of drug-likeness (QED) is 0.804. The van der Waals surface area contributed by atoms with Gasteiger partial charge in [0.1, 0.15) is 0 Å². The number of halogens is 1. The van der Waals surface area contributed by atoms with E-state index < -0.39 is 0 Å². The van der Waals surface area contributed by atoms with Crippen molar-refractivity contribution < 1.29 is 9.53 Å². The fourth-order valence-corrected chi connectivity index (χ4v) is 2.47. The van der Waals surface area contributed by atoms with Crippen molar-refractivity contribution in [3.05, 3.63) is 28.8 Å². The first-order chi connectivity index (χ1) is 10.6. The Kier molecular flexibility index (Phi) is 6.96. The van der Waals surface area contributed by atoms with E-state index >= 15 is 0 Å². The number of carbonyl (C=O) groups is 1. The second-order valence-electron chi connectivity index (χ2n) is 5.44. The summed E-state index contributed by atoms with van der Waals surface area (Å²) < 4.78 is 5.29. The molecule has 0 radical (unpaired) electrons. The maximum Gasteiger partial charge on any atom is 0.221 e. The van der Waals surface area contributed by atoms with Gasteiger partial charge in [0, 0.05) is 49.9 Å². The van der Waals surface area contributed by atoms with Crippen molar-refractivity contribution in [3.8, 4) is 0 Å². The smallest absolute Gasteiger partial charge is 0.221 e. The lowest BCUT2D eigenvalue weighted by Crippen LogP contribution is -2.41. The van der Waals surface area contributed by atoms with Crippen LogP contribution in [-0.2, 0) is 9.53 Å². The van der Waals surface area contributed by atoms with Crippen LogP contribution in [0.5, 0.6) is 0 Å². The molecule has 1 saturated heterocycles. The minimum Gasteiger partial charge on any atom is -0.384 e. The van der Waals surface area contributed by atoms with Crippen LogP contribution in [-0.4, -0.2) is 56.7 Å². The van der Waals surface area contributed by atoms with Crippen molar-refractivity contribution in [2.24, 2.45) is 0 Å². The van der Waals surface area contributed by atoms with Gasteiger partial charge in [0.05, 0.1) is 13.2 Å². The lowest BCUT2D eigenvalue weighted by Gasteiger charge is -2.26. The van der Waals surface area contributed by atoms with E-state index in [1.54, 1.807) is 0 Å². The molecule has 0 saturated carbocycles. The number of aryl methyl sites for hydroxylation is 1. The summed E-state index contributed by atoms with van der Waals surface area (Å²) in [5.74, 6) is 0.0685. The number of hydrogen-bond donors (Lipinski definition) is 2. The standard InChI is InChI=1S/C16H24ClN3O2/c1-13-2-3-14(12-15(13)17)18-5-4-16(21)19-6-7-20-8-10-22-11-9-20/h2-3,12,18H,4-11H2,1H3,(H,19,21). The summed E-state index contributed by atoms with van der Waals surface area (Å²) in [4.78, 5) is 14.1. The second kappa shape index (κ2) is 8.98. The Balaban J connectivity index is 1.58. The number of benzene rings is 1. The molecule has 0 aliphatic carbocycles. The van der Waals surface area contributed by atoms with E-state index in [1.807, 2.05) is 25.1 Å². The first-order valence-electron chi connectivity index (χ1n) is 7.72. The minimum atomic E-state index is 0.0685. The largest absolute Gasteiger partial charge is 0.384 e. The first-order valence-corrected chi connectivity index (χ1v) is 8.10. The number of hydrogen-bond acceptors (Lipinski definition) is 4. The van der Waals surface area contributed by atoms with Gasteiger partial charge in [-0.15, -0.1) is 0 Å². The van der Waals surface area contributed by atoms with Gasteiger partial charge in [0.15, 0.2) is 0 Å². The van der Waals surface area contributed by atoms with Crippen LogP contribution in [0.2, 0.25) is 5.02 Å². The van der Waals surface area contributed by atoms with Gasteiger partial charge in [0.2, 0.25) is 5.91 Å². The molecule has 1 aliphatic heterocycles. The van der Waals surface area contributed by atoms with Crippen LogP contribution >= 0.6 is 11.6 Å². The zero-order valence-corrected chi connectivity index (χ0v) is 13.8. The van der Waals surface area contributed by atoms with Crippen LogP contribution in [0, 0.1) is 6.92 Å². The first kappa shape index (κ1) is 17.1. The molecule has 1 aromatic rings. The summed E-state index contributed by atoms with van der Waals surface area (Å²) in [6, 6.07) is 5.82. The number of rotatable bonds is 7. The molecule has 0 atom stereocenters. The summed E-state index contributed by atoms with van der Waals surface area (Å²) >= 11 is 6.06. The van der Waals surface area contributed by atoms with E-state index in [9.17, 15) is 4.79 Å². The van der Waals surface area contributed by atoms with Crippen LogP contribution < -0.4 is 10.6 Å². The maximum absolute atomic E-state index is 11.8. The van der Waals surface area contributed by atoms with E-state index in [1.165, 1.54) is 0 Å². The van der Waals surface area contributed by atoms with Gasteiger partial charge in [-0.2, -0.15) is 0 Å². The highest BCUT2D eigenvalue weighted by molar-refractivity contribution is 6.31. The van der Waals surface area contributed by atoms with Gasteiger partial charge >= 0.3 is 0 Å². The Morgan fingerprint density at radius 3 is 2.82 bits per heavy atom. The number of nitrogens with one attached hydrogen (secondary N) is 2. The molecule has 2 rings (SSSR count).